The van der Waals surface area contributed by atoms with Gasteiger partial charge in [0.05, 0.1) is 6.26 Å². The van der Waals surface area contributed by atoms with Crippen molar-refractivity contribution in [2.24, 2.45) is 16.2 Å². The van der Waals surface area contributed by atoms with E-state index in [0.717, 1.165) is 62.5 Å². The third-order valence-electron chi connectivity index (χ3n) is 7.29. The summed E-state index contributed by atoms with van der Waals surface area (Å²) in [6, 6.07) is -0.0275. The van der Waals surface area contributed by atoms with E-state index < -0.39 is 26.0 Å². The smallest absolute Gasteiger partial charge is 0.287 e. The molecular formula is C21H28N4O6S3. The third kappa shape index (κ3) is 4.20. The van der Waals surface area contributed by atoms with Crippen molar-refractivity contribution < 1.29 is 26.4 Å². The van der Waals surface area contributed by atoms with Gasteiger partial charge < -0.3 is 10.2 Å². The molecule has 1 saturated heterocycles. The lowest BCUT2D eigenvalue weighted by Gasteiger charge is -2.46. The summed E-state index contributed by atoms with van der Waals surface area (Å²) in [7, 11) is -7.75. The number of amides is 1. The Morgan fingerprint density at radius 3 is 2.59 bits per heavy atom. The molecule has 0 spiro atoms. The van der Waals surface area contributed by atoms with Crippen LogP contribution in [0.1, 0.15) is 56.9 Å². The van der Waals surface area contributed by atoms with Crippen LogP contribution < -0.4 is 10.0 Å². The van der Waals surface area contributed by atoms with Gasteiger partial charge in [-0.15, -0.1) is 15.7 Å². The van der Waals surface area contributed by atoms with Crippen LogP contribution in [-0.4, -0.2) is 57.6 Å². The molecule has 0 aromatic carbocycles. The predicted octanol–water partition coefficient (Wildman–Crippen LogP) is 1.84. The second kappa shape index (κ2) is 8.68. The third-order valence-corrected chi connectivity index (χ3v) is 10.5. The maximum absolute atomic E-state index is 13.7. The molecular weight excluding hydrogens is 500 g/mol. The number of ketones is 1. The van der Waals surface area contributed by atoms with Gasteiger partial charge in [0, 0.05) is 30.1 Å². The fourth-order valence-electron chi connectivity index (χ4n) is 5.84. The van der Waals surface area contributed by atoms with Crippen molar-refractivity contribution >= 4 is 53.9 Å². The number of rotatable bonds is 5. The number of hydrogen-bond donors (Lipinski definition) is 2. The molecule has 3 unspecified atom stereocenters. The lowest BCUT2D eigenvalue weighted by Crippen LogP contribution is -2.61. The number of piperidine rings is 1. The first-order chi connectivity index (χ1) is 16.1. The van der Waals surface area contributed by atoms with E-state index in [2.05, 4.69) is 14.4 Å². The van der Waals surface area contributed by atoms with E-state index in [-0.39, 0.29) is 57.5 Å². The van der Waals surface area contributed by atoms with Crippen LogP contribution in [0.3, 0.4) is 0 Å². The number of anilines is 1. The number of likely N-dealkylation sites (tertiary alicyclic amines) is 1. The van der Waals surface area contributed by atoms with Gasteiger partial charge in [-0.1, -0.05) is 25.7 Å². The number of nitrogens with zero attached hydrogens (tertiary/aromatic N) is 2. The summed E-state index contributed by atoms with van der Waals surface area (Å²) in [5.74, 6) is -2.29. The molecule has 5 rings (SSSR count). The number of fused-ring (bicyclic) bond motifs is 2. The molecule has 13 heteroatoms. The van der Waals surface area contributed by atoms with Crippen molar-refractivity contribution in [3.05, 3.63) is 10.9 Å². The van der Waals surface area contributed by atoms with Gasteiger partial charge in [-0.05, 0) is 31.1 Å². The van der Waals surface area contributed by atoms with E-state index in [1.54, 1.807) is 0 Å². The zero-order chi connectivity index (χ0) is 24.3. The second-order valence-corrected chi connectivity index (χ2v) is 13.8. The van der Waals surface area contributed by atoms with Crippen LogP contribution in [0, 0.1) is 11.8 Å². The highest BCUT2D eigenvalue weighted by molar-refractivity contribution is 7.91. The fourth-order valence-corrected chi connectivity index (χ4v) is 8.90. The lowest BCUT2D eigenvalue weighted by atomic mass is 9.79. The molecule has 2 aliphatic carbocycles. The summed E-state index contributed by atoms with van der Waals surface area (Å²) in [6.45, 7) is -0.197. The summed E-state index contributed by atoms with van der Waals surface area (Å²) < 4.78 is 55.3. The minimum atomic E-state index is -4.23. The minimum Gasteiger partial charge on any atom is -0.335 e. The first-order valence-electron chi connectivity index (χ1n) is 11.6. The van der Waals surface area contributed by atoms with Crippen LogP contribution >= 0.6 is 11.3 Å². The van der Waals surface area contributed by atoms with Crippen LogP contribution in [0.2, 0.25) is 0 Å². The largest absolute Gasteiger partial charge is 0.335 e. The number of carbonyl (C=O) groups is 2. The molecule has 186 valence electrons. The van der Waals surface area contributed by atoms with Gasteiger partial charge in [-0.2, -0.15) is 8.42 Å². The molecule has 4 aliphatic rings. The fraction of sp³-hybridized carbons (Fsp3) is 0.667. The number of nitrogens with one attached hydrogen (secondary N) is 2. The summed E-state index contributed by atoms with van der Waals surface area (Å²) in [6.07, 6.45) is 8.38. The molecule has 2 N–H and O–H groups in total. The molecule has 2 aliphatic heterocycles. The topological polar surface area (TPSA) is 142 Å². The molecule has 34 heavy (non-hydrogen) atoms. The number of amidine groups is 1. The zero-order valence-corrected chi connectivity index (χ0v) is 21.3. The Hall–Kier alpha value is -1.83. The average molecular weight is 529 g/mol. The van der Waals surface area contributed by atoms with Crippen molar-refractivity contribution in [2.45, 2.75) is 74.9 Å². The van der Waals surface area contributed by atoms with Crippen LogP contribution in [0.4, 0.5) is 5.00 Å². The summed E-state index contributed by atoms with van der Waals surface area (Å²) in [5, 5.41) is 4.73. The SMILES string of the molecule is CS(=O)(=O)NCc1csc2c1S(=O)(=O)N=C(C1C(=O)C3CCCC3N(C3CCCCC3)C1=O)N2. The van der Waals surface area contributed by atoms with Gasteiger partial charge in [0.2, 0.25) is 15.9 Å². The van der Waals surface area contributed by atoms with Gasteiger partial charge in [0.15, 0.2) is 11.7 Å². The Bertz CT molecular complexity index is 1260. The van der Waals surface area contributed by atoms with E-state index in [4.69, 9.17) is 0 Å². The van der Waals surface area contributed by atoms with E-state index in [1.807, 2.05) is 4.90 Å². The Morgan fingerprint density at radius 1 is 1.15 bits per heavy atom. The van der Waals surface area contributed by atoms with Crippen molar-refractivity contribution in [1.29, 1.82) is 0 Å². The molecule has 1 aromatic heterocycles. The number of thiophene rings is 1. The predicted molar refractivity (Wildman–Crippen MR) is 128 cm³/mol. The van der Waals surface area contributed by atoms with Crippen LogP contribution in [-0.2, 0) is 36.2 Å². The van der Waals surface area contributed by atoms with Crippen LogP contribution in [0.25, 0.3) is 0 Å². The molecule has 0 radical (unpaired) electrons. The van der Waals surface area contributed by atoms with Crippen molar-refractivity contribution in [3.63, 3.8) is 0 Å². The quantitative estimate of drug-likeness (QED) is 0.555. The molecule has 2 saturated carbocycles. The van der Waals surface area contributed by atoms with E-state index >= 15 is 0 Å². The number of Topliss-reactive ketones (excluding diaryl/α,β-unsaturated/α-hetero) is 1. The maximum Gasteiger partial charge on any atom is 0.287 e. The summed E-state index contributed by atoms with van der Waals surface area (Å²) >= 11 is 1.08. The molecule has 0 bridgehead atoms. The number of sulfonamides is 2. The highest BCUT2D eigenvalue weighted by Crippen LogP contribution is 2.43. The maximum atomic E-state index is 13.7. The van der Waals surface area contributed by atoms with Crippen molar-refractivity contribution in [1.82, 2.24) is 9.62 Å². The monoisotopic (exact) mass is 528 g/mol. The molecule has 3 heterocycles. The van der Waals surface area contributed by atoms with Crippen LogP contribution in [0.5, 0.6) is 0 Å². The van der Waals surface area contributed by atoms with Crippen molar-refractivity contribution in [2.75, 3.05) is 11.6 Å². The van der Waals surface area contributed by atoms with Gasteiger partial charge in [-0.3, -0.25) is 9.59 Å². The Labute approximate surface area is 203 Å². The van der Waals surface area contributed by atoms with Gasteiger partial charge in [0.1, 0.15) is 15.7 Å². The summed E-state index contributed by atoms with van der Waals surface area (Å²) in [5.41, 5.74) is 0.265. The highest BCUT2D eigenvalue weighted by Gasteiger charge is 2.54. The average Bonchev–Trinajstić information content (AvgIpc) is 3.40. The first kappa shape index (κ1) is 23.9. The number of hydrogen-bond acceptors (Lipinski definition) is 8. The van der Waals surface area contributed by atoms with Crippen LogP contribution in [0.15, 0.2) is 14.7 Å². The normalized spacial score (nSPS) is 29.4. The van der Waals surface area contributed by atoms with Gasteiger partial charge >= 0.3 is 0 Å². The van der Waals surface area contributed by atoms with E-state index in [9.17, 15) is 26.4 Å². The Balaban J connectivity index is 1.48. The highest BCUT2D eigenvalue weighted by atomic mass is 32.2. The Morgan fingerprint density at radius 2 is 1.88 bits per heavy atom. The molecule has 1 aromatic rings. The Kier molecular flexibility index (Phi) is 6.10. The van der Waals surface area contributed by atoms with E-state index in [0.29, 0.717) is 6.42 Å². The second-order valence-electron chi connectivity index (χ2n) is 9.57. The summed E-state index contributed by atoms with van der Waals surface area (Å²) in [4.78, 5) is 29.0. The zero-order valence-electron chi connectivity index (χ0n) is 18.8. The molecule has 3 fully saturated rings. The lowest BCUT2D eigenvalue weighted by molar-refractivity contribution is -0.152. The van der Waals surface area contributed by atoms with Gasteiger partial charge in [0.25, 0.3) is 10.0 Å². The van der Waals surface area contributed by atoms with Gasteiger partial charge in [-0.25, -0.2) is 13.1 Å². The molecule has 1 amide bonds. The molecule has 10 nitrogen and oxygen atoms in total. The molecule has 3 atom stereocenters. The number of carbonyl (C=O) groups excluding carboxylic acids is 2. The van der Waals surface area contributed by atoms with E-state index in [1.165, 1.54) is 5.38 Å². The standard InChI is InChI=1S/C21H28N4O6S3/c1-33(28,29)22-10-12-11-32-20-18(12)34(30,31)24-19(23-20)16-17(26)14-8-5-9-15(14)25(21(16)27)13-6-3-2-4-7-13/h11,13-16,22H,2-10H2,1H3,(H,23,24). The minimum absolute atomic E-state index is 0.0780. The van der Waals surface area contributed by atoms with Crippen molar-refractivity contribution in [3.8, 4) is 0 Å². The first-order valence-corrected chi connectivity index (χ1v) is 15.8.